The van der Waals surface area contributed by atoms with E-state index in [4.69, 9.17) is 23.2 Å². The Morgan fingerprint density at radius 3 is 2.29 bits per heavy atom. The van der Waals surface area contributed by atoms with Crippen molar-refractivity contribution in [2.24, 2.45) is 0 Å². The molecule has 0 radical (unpaired) electrons. The van der Waals surface area contributed by atoms with Crippen molar-refractivity contribution in [2.45, 2.75) is 6.92 Å². The van der Waals surface area contributed by atoms with Crippen LogP contribution in [0.3, 0.4) is 0 Å². The maximum Gasteiger partial charge on any atom is 0.232 e. The zero-order valence-electron chi connectivity index (χ0n) is 11.1. The van der Waals surface area contributed by atoms with Gasteiger partial charge < -0.3 is 0 Å². The van der Waals surface area contributed by atoms with Gasteiger partial charge in [0.15, 0.2) is 5.78 Å². The molecule has 0 spiro atoms. The van der Waals surface area contributed by atoms with E-state index in [-0.39, 0.29) is 5.78 Å². The first kappa shape index (κ1) is 15.4. The summed E-state index contributed by atoms with van der Waals surface area (Å²) in [4.78, 5) is 22.4. The fraction of sp³-hybridized carbons (Fsp3) is 0.0667. The van der Waals surface area contributed by atoms with Crippen molar-refractivity contribution in [1.82, 2.24) is 0 Å². The molecule has 6 heteroatoms. The number of nitrogens with zero attached hydrogens (tertiary/aromatic N) is 1. The largest absolute Gasteiger partial charge is 0.295 e. The second-order valence-corrected chi connectivity index (χ2v) is 5.13. The van der Waals surface area contributed by atoms with Crippen molar-refractivity contribution in [3.63, 3.8) is 0 Å². The van der Waals surface area contributed by atoms with E-state index in [0.29, 0.717) is 33.4 Å². The van der Waals surface area contributed by atoms with Gasteiger partial charge in [0.1, 0.15) is 0 Å². The highest BCUT2D eigenvalue weighted by molar-refractivity contribution is 6.42. The molecule has 0 bridgehead atoms. The Labute approximate surface area is 132 Å². The third-order valence-corrected chi connectivity index (χ3v) is 3.57. The molecule has 1 amide bonds. The van der Waals surface area contributed by atoms with Crippen LogP contribution in [0.5, 0.6) is 0 Å². The number of halogens is 2. The van der Waals surface area contributed by atoms with Gasteiger partial charge in [-0.15, -0.1) is 0 Å². The van der Waals surface area contributed by atoms with Gasteiger partial charge in [0, 0.05) is 5.56 Å². The van der Waals surface area contributed by atoms with Crippen LogP contribution in [-0.2, 0) is 4.79 Å². The van der Waals surface area contributed by atoms with Crippen molar-refractivity contribution in [3.05, 3.63) is 58.1 Å². The highest BCUT2D eigenvalue weighted by Crippen LogP contribution is 2.27. The third-order valence-electron chi connectivity index (χ3n) is 2.83. The minimum atomic E-state index is -0.0155. The molecule has 2 rings (SSSR count). The lowest BCUT2D eigenvalue weighted by molar-refractivity contribution is -0.107. The van der Waals surface area contributed by atoms with E-state index in [9.17, 15) is 9.59 Å². The molecule has 4 nitrogen and oxygen atoms in total. The quantitative estimate of drug-likeness (QED) is 0.510. The van der Waals surface area contributed by atoms with Crippen LogP contribution in [0.15, 0.2) is 42.5 Å². The van der Waals surface area contributed by atoms with Gasteiger partial charge in [-0.25, -0.2) is 5.01 Å². The molecule has 0 aromatic heterocycles. The van der Waals surface area contributed by atoms with Crippen LogP contribution in [0.1, 0.15) is 17.3 Å². The van der Waals surface area contributed by atoms with Crippen LogP contribution >= 0.6 is 23.2 Å². The van der Waals surface area contributed by atoms with Gasteiger partial charge in [0.25, 0.3) is 0 Å². The minimum absolute atomic E-state index is 0.0155. The number of carbonyl (C=O) groups excluding carboxylic acids is 2. The van der Waals surface area contributed by atoms with Gasteiger partial charge in [-0.05, 0) is 49.4 Å². The maximum absolute atomic E-state index is 11.2. The molecule has 0 aliphatic heterocycles. The minimum Gasteiger partial charge on any atom is -0.295 e. The van der Waals surface area contributed by atoms with Crippen molar-refractivity contribution in [1.29, 1.82) is 0 Å². The number of amides is 1. The predicted molar refractivity (Wildman–Crippen MR) is 85.1 cm³/mol. The summed E-state index contributed by atoms with van der Waals surface area (Å²) in [6.45, 7) is 1.50. The standard InChI is InChI=1S/C15H12Cl2N2O2/c1-10(21)11-2-4-12(5-3-11)18-19(9-20)13-6-7-14(16)15(17)8-13/h2-9,18H,1H3. The Kier molecular flexibility index (Phi) is 4.83. The number of hydrogen-bond donors (Lipinski definition) is 1. The number of ketones is 1. The highest BCUT2D eigenvalue weighted by atomic mass is 35.5. The summed E-state index contributed by atoms with van der Waals surface area (Å²) in [6, 6.07) is 11.6. The molecule has 0 saturated heterocycles. The molecule has 108 valence electrons. The smallest absolute Gasteiger partial charge is 0.232 e. The normalized spacial score (nSPS) is 10.0. The summed E-state index contributed by atoms with van der Waals surface area (Å²) in [5.74, 6) is -0.0155. The molecule has 1 N–H and O–H groups in total. The molecule has 2 aromatic carbocycles. The fourth-order valence-electron chi connectivity index (χ4n) is 1.71. The summed E-state index contributed by atoms with van der Waals surface area (Å²) in [5.41, 5.74) is 4.73. The molecule has 0 unspecified atom stereocenters. The van der Waals surface area contributed by atoms with Crippen molar-refractivity contribution >= 4 is 46.8 Å². The van der Waals surface area contributed by atoms with E-state index in [0.717, 1.165) is 0 Å². The molecule has 0 aliphatic rings. The average Bonchev–Trinajstić information content (AvgIpc) is 2.48. The molecule has 21 heavy (non-hydrogen) atoms. The number of Topliss-reactive ketones (excluding diaryl/α,β-unsaturated/α-hetero) is 1. The second-order valence-electron chi connectivity index (χ2n) is 4.32. The van der Waals surface area contributed by atoms with Gasteiger partial charge in [-0.3, -0.25) is 15.0 Å². The summed E-state index contributed by atoms with van der Waals surface area (Å²) in [5, 5.41) is 2.04. The van der Waals surface area contributed by atoms with Crippen LogP contribution in [0, 0.1) is 0 Å². The average molecular weight is 323 g/mol. The molecule has 0 atom stereocenters. The fourth-order valence-corrected chi connectivity index (χ4v) is 2.00. The van der Waals surface area contributed by atoms with Crippen molar-refractivity contribution < 1.29 is 9.59 Å². The topological polar surface area (TPSA) is 49.4 Å². The number of carbonyl (C=O) groups is 2. The highest BCUT2D eigenvalue weighted by Gasteiger charge is 2.08. The Hall–Kier alpha value is -2.04. The SMILES string of the molecule is CC(=O)c1ccc(NN(C=O)c2ccc(Cl)c(Cl)c2)cc1. The van der Waals surface area contributed by atoms with E-state index in [1.807, 2.05) is 0 Å². The summed E-state index contributed by atoms with van der Waals surface area (Å²) in [7, 11) is 0. The Morgan fingerprint density at radius 1 is 1.10 bits per heavy atom. The molecule has 0 saturated carbocycles. The van der Waals surface area contributed by atoms with Crippen molar-refractivity contribution in [3.8, 4) is 0 Å². The summed E-state index contributed by atoms with van der Waals surface area (Å²) in [6.07, 6.45) is 0.623. The number of anilines is 2. The molecule has 0 aliphatic carbocycles. The molecular weight excluding hydrogens is 311 g/mol. The molecule has 0 heterocycles. The van der Waals surface area contributed by atoms with E-state index < -0.39 is 0 Å². The molecule has 2 aromatic rings. The predicted octanol–water partition coefficient (Wildman–Crippen LogP) is 4.19. The first-order chi connectivity index (χ1) is 10.0. The van der Waals surface area contributed by atoms with Gasteiger partial charge in [-0.2, -0.15) is 0 Å². The van der Waals surface area contributed by atoms with Crippen molar-refractivity contribution in [2.75, 3.05) is 10.4 Å². The van der Waals surface area contributed by atoms with E-state index in [2.05, 4.69) is 5.43 Å². The Balaban J connectivity index is 2.20. The lowest BCUT2D eigenvalue weighted by atomic mass is 10.1. The number of benzene rings is 2. The van der Waals surface area contributed by atoms with Crippen LogP contribution in [0.25, 0.3) is 0 Å². The lowest BCUT2D eigenvalue weighted by Crippen LogP contribution is -2.28. The van der Waals surface area contributed by atoms with E-state index in [1.165, 1.54) is 11.9 Å². The number of hydrogen-bond acceptors (Lipinski definition) is 3. The van der Waals surface area contributed by atoms with Crippen LogP contribution in [0.4, 0.5) is 11.4 Å². The zero-order chi connectivity index (χ0) is 15.4. The van der Waals surface area contributed by atoms with Crippen LogP contribution < -0.4 is 10.4 Å². The zero-order valence-corrected chi connectivity index (χ0v) is 12.7. The van der Waals surface area contributed by atoms with E-state index in [1.54, 1.807) is 42.5 Å². The summed E-state index contributed by atoms with van der Waals surface area (Å²) < 4.78 is 0. The lowest BCUT2D eigenvalue weighted by Gasteiger charge is -2.20. The van der Waals surface area contributed by atoms with Gasteiger partial charge in [0.2, 0.25) is 6.41 Å². The number of nitrogens with one attached hydrogen (secondary N) is 1. The first-order valence-corrected chi connectivity index (χ1v) is 6.84. The first-order valence-electron chi connectivity index (χ1n) is 6.08. The monoisotopic (exact) mass is 322 g/mol. The molecule has 0 fully saturated rings. The maximum atomic E-state index is 11.2. The van der Waals surface area contributed by atoms with Crippen LogP contribution in [0.2, 0.25) is 10.0 Å². The van der Waals surface area contributed by atoms with Gasteiger partial charge in [0.05, 0.1) is 21.4 Å². The van der Waals surface area contributed by atoms with Gasteiger partial charge >= 0.3 is 0 Å². The molecular formula is C15H12Cl2N2O2. The number of rotatable bonds is 5. The Bertz CT molecular complexity index is 672. The Morgan fingerprint density at radius 2 is 1.76 bits per heavy atom. The van der Waals surface area contributed by atoms with E-state index >= 15 is 0 Å². The summed E-state index contributed by atoms with van der Waals surface area (Å²) >= 11 is 11.8. The second kappa shape index (κ2) is 6.61. The number of hydrazine groups is 1. The van der Waals surface area contributed by atoms with Gasteiger partial charge in [-0.1, -0.05) is 23.2 Å². The third kappa shape index (κ3) is 3.74. The van der Waals surface area contributed by atoms with Crippen LogP contribution in [-0.4, -0.2) is 12.2 Å².